The number of hydrogen-bond donors (Lipinski definition) is 3. The van der Waals surface area contributed by atoms with E-state index in [1.165, 1.54) is 51.4 Å². The monoisotopic (exact) mass is 314 g/mol. The fourth-order valence-corrected chi connectivity index (χ4v) is 2.50. The lowest BCUT2D eigenvalue weighted by molar-refractivity contribution is -0.137. The van der Waals surface area contributed by atoms with Crippen molar-refractivity contribution in [2.24, 2.45) is 0 Å². The first kappa shape index (κ1) is 21.4. The fourth-order valence-electron chi connectivity index (χ4n) is 2.50. The van der Waals surface area contributed by atoms with Gasteiger partial charge in [-0.1, -0.05) is 51.9 Å². The molecule has 0 aromatic carbocycles. The Hall–Kier alpha value is -0.610. The summed E-state index contributed by atoms with van der Waals surface area (Å²) in [7, 11) is 0. The number of unbranched alkanes of at least 4 members (excludes halogenated alkanes) is 8. The van der Waals surface area contributed by atoms with Gasteiger partial charge in [-0.15, -0.1) is 0 Å². The van der Waals surface area contributed by atoms with Gasteiger partial charge in [0.15, 0.2) is 0 Å². The van der Waals surface area contributed by atoms with E-state index >= 15 is 0 Å². The van der Waals surface area contributed by atoms with Crippen molar-refractivity contribution < 1.29 is 9.90 Å². The van der Waals surface area contributed by atoms with Crippen molar-refractivity contribution in [3.63, 3.8) is 0 Å². The van der Waals surface area contributed by atoms with Gasteiger partial charge in [-0.3, -0.25) is 4.79 Å². The van der Waals surface area contributed by atoms with Crippen LogP contribution in [0.2, 0.25) is 0 Å². The topological polar surface area (TPSA) is 61.4 Å². The van der Waals surface area contributed by atoms with E-state index in [2.05, 4.69) is 17.6 Å². The summed E-state index contributed by atoms with van der Waals surface area (Å²) in [5, 5.41) is 15.4. The van der Waals surface area contributed by atoms with Gasteiger partial charge in [0, 0.05) is 6.42 Å². The van der Waals surface area contributed by atoms with Crippen LogP contribution in [-0.2, 0) is 4.79 Å². The Bertz CT molecular complexity index is 235. The standard InChI is InChI=1S/C18H38N2O2/c1-2-3-4-5-6-7-10-14-19-16-12-17-20-15-11-8-9-13-18(21)22/h19-20H,2-17H2,1H3,(H,21,22). The molecule has 0 rings (SSSR count). The summed E-state index contributed by atoms with van der Waals surface area (Å²) in [5.74, 6) is -0.681. The molecule has 0 aliphatic rings. The Morgan fingerprint density at radius 1 is 0.682 bits per heavy atom. The molecule has 22 heavy (non-hydrogen) atoms. The highest BCUT2D eigenvalue weighted by atomic mass is 16.4. The minimum atomic E-state index is -0.681. The largest absolute Gasteiger partial charge is 0.481 e. The predicted molar refractivity (Wildman–Crippen MR) is 94.5 cm³/mol. The molecule has 0 aliphatic heterocycles. The molecule has 0 heterocycles. The van der Waals surface area contributed by atoms with Gasteiger partial charge in [0.05, 0.1) is 0 Å². The molecule has 0 saturated heterocycles. The van der Waals surface area contributed by atoms with Crippen LogP contribution in [0, 0.1) is 0 Å². The summed E-state index contributed by atoms with van der Waals surface area (Å²) in [4.78, 5) is 10.3. The van der Waals surface area contributed by atoms with E-state index in [4.69, 9.17) is 5.11 Å². The highest BCUT2D eigenvalue weighted by molar-refractivity contribution is 5.66. The number of carbonyl (C=O) groups is 1. The molecule has 0 unspecified atom stereocenters. The summed E-state index contributed by atoms with van der Waals surface area (Å²) in [5.41, 5.74) is 0. The molecule has 3 N–H and O–H groups in total. The van der Waals surface area contributed by atoms with Crippen molar-refractivity contribution in [3.05, 3.63) is 0 Å². The molecule has 0 bridgehead atoms. The van der Waals surface area contributed by atoms with E-state index in [-0.39, 0.29) is 0 Å². The van der Waals surface area contributed by atoms with Crippen LogP contribution < -0.4 is 10.6 Å². The number of carboxylic acid groups (broad SMARTS) is 1. The van der Waals surface area contributed by atoms with Crippen LogP contribution in [0.4, 0.5) is 0 Å². The summed E-state index contributed by atoms with van der Waals surface area (Å²) in [6.07, 6.45) is 14.0. The van der Waals surface area contributed by atoms with Crippen LogP contribution in [0.15, 0.2) is 0 Å². The quantitative estimate of drug-likeness (QED) is 0.335. The van der Waals surface area contributed by atoms with Crippen LogP contribution >= 0.6 is 0 Å². The highest BCUT2D eigenvalue weighted by Crippen LogP contribution is 2.06. The van der Waals surface area contributed by atoms with Crippen molar-refractivity contribution in [2.45, 2.75) is 84.0 Å². The molecule has 0 aromatic heterocycles. The summed E-state index contributed by atoms with van der Waals surface area (Å²) in [6.45, 7) is 6.59. The first-order valence-electron chi connectivity index (χ1n) is 9.40. The van der Waals surface area contributed by atoms with Crippen LogP contribution in [-0.4, -0.2) is 37.3 Å². The molecule has 0 amide bonds. The summed E-state index contributed by atoms with van der Waals surface area (Å²) < 4.78 is 0. The first-order chi connectivity index (χ1) is 10.8. The Morgan fingerprint density at radius 3 is 1.68 bits per heavy atom. The van der Waals surface area contributed by atoms with Gasteiger partial charge in [0.1, 0.15) is 0 Å². The minimum absolute atomic E-state index is 0.308. The maximum absolute atomic E-state index is 10.3. The van der Waals surface area contributed by atoms with Crippen molar-refractivity contribution in [3.8, 4) is 0 Å². The molecule has 0 radical (unpaired) electrons. The first-order valence-corrected chi connectivity index (χ1v) is 9.40. The average Bonchev–Trinajstić information content (AvgIpc) is 2.50. The Balaban J connectivity index is 2.95. The molecule has 0 saturated carbocycles. The van der Waals surface area contributed by atoms with Gasteiger partial charge in [0.25, 0.3) is 0 Å². The van der Waals surface area contributed by atoms with Gasteiger partial charge in [-0.25, -0.2) is 0 Å². The Labute approximate surface area is 137 Å². The molecule has 0 aliphatic carbocycles. The van der Waals surface area contributed by atoms with Crippen LogP contribution in [0.3, 0.4) is 0 Å². The molecule has 0 spiro atoms. The van der Waals surface area contributed by atoms with Crippen LogP contribution in [0.1, 0.15) is 84.0 Å². The third-order valence-corrected chi connectivity index (χ3v) is 3.91. The maximum Gasteiger partial charge on any atom is 0.303 e. The van der Waals surface area contributed by atoms with Gasteiger partial charge in [0.2, 0.25) is 0 Å². The number of rotatable bonds is 18. The summed E-state index contributed by atoms with van der Waals surface area (Å²) in [6, 6.07) is 0. The number of aliphatic carboxylic acids is 1. The normalized spacial score (nSPS) is 11.0. The Kier molecular flexibility index (Phi) is 17.9. The lowest BCUT2D eigenvalue weighted by atomic mass is 10.1. The highest BCUT2D eigenvalue weighted by Gasteiger charge is 1.96. The van der Waals surface area contributed by atoms with Crippen molar-refractivity contribution in [2.75, 3.05) is 26.2 Å². The van der Waals surface area contributed by atoms with Gasteiger partial charge in [-0.2, -0.15) is 0 Å². The second kappa shape index (κ2) is 18.4. The molecule has 4 nitrogen and oxygen atoms in total. The molecular weight excluding hydrogens is 276 g/mol. The number of hydrogen-bond acceptors (Lipinski definition) is 3. The lowest BCUT2D eigenvalue weighted by Gasteiger charge is -2.06. The maximum atomic E-state index is 10.3. The minimum Gasteiger partial charge on any atom is -0.481 e. The van der Waals surface area contributed by atoms with E-state index in [9.17, 15) is 4.79 Å². The zero-order valence-corrected chi connectivity index (χ0v) is 14.7. The zero-order chi connectivity index (χ0) is 16.3. The van der Waals surface area contributed by atoms with E-state index in [1.807, 2.05) is 0 Å². The SMILES string of the molecule is CCCCCCCCCNCCCNCCCCCC(=O)O. The lowest BCUT2D eigenvalue weighted by Crippen LogP contribution is -2.23. The van der Waals surface area contributed by atoms with E-state index in [1.54, 1.807) is 0 Å². The van der Waals surface area contributed by atoms with Gasteiger partial charge >= 0.3 is 5.97 Å². The fraction of sp³-hybridized carbons (Fsp3) is 0.944. The van der Waals surface area contributed by atoms with E-state index < -0.39 is 5.97 Å². The number of carboxylic acids is 1. The van der Waals surface area contributed by atoms with Crippen LogP contribution in [0.25, 0.3) is 0 Å². The van der Waals surface area contributed by atoms with Crippen LogP contribution in [0.5, 0.6) is 0 Å². The molecule has 4 heteroatoms. The zero-order valence-electron chi connectivity index (χ0n) is 14.7. The number of nitrogens with one attached hydrogen (secondary N) is 2. The smallest absolute Gasteiger partial charge is 0.303 e. The molecule has 132 valence electrons. The van der Waals surface area contributed by atoms with Gasteiger partial charge in [-0.05, 0) is 51.9 Å². The third kappa shape index (κ3) is 19.4. The molecular formula is C18H38N2O2. The second-order valence-electron chi connectivity index (χ2n) is 6.18. The second-order valence-corrected chi connectivity index (χ2v) is 6.18. The van der Waals surface area contributed by atoms with E-state index in [0.29, 0.717) is 6.42 Å². The predicted octanol–water partition coefficient (Wildman–Crippen LogP) is 3.95. The summed E-state index contributed by atoms with van der Waals surface area (Å²) >= 11 is 0. The Morgan fingerprint density at radius 2 is 1.14 bits per heavy atom. The van der Waals surface area contributed by atoms with Crippen molar-refractivity contribution >= 4 is 5.97 Å². The van der Waals surface area contributed by atoms with Gasteiger partial charge < -0.3 is 15.7 Å². The van der Waals surface area contributed by atoms with Crippen molar-refractivity contribution in [1.29, 1.82) is 0 Å². The average molecular weight is 315 g/mol. The van der Waals surface area contributed by atoms with E-state index in [0.717, 1.165) is 45.4 Å². The molecule has 0 atom stereocenters. The van der Waals surface area contributed by atoms with Crippen molar-refractivity contribution in [1.82, 2.24) is 10.6 Å². The molecule has 0 fully saturated rings. The molecule has 0 aromatic rings. The third-order valence-electron chi connectivity index (χ3n) is 3.91.